The smallest absolute Gasteiger partial charge is 0.184 e. The number of nitrogens with two attached hydrogens (primary N) is 1. The molecule has 1 aliphatic carbocycles. The zero-order valence-corrected chi connectivity index (χ0v) is 12.1. The molecule has 3 rings (SSSR count). The molecule has 1 fully saturated rings. The first-order valence-electron chi connectivity index (χ1n) is 7.32. The first-order valence-corrected chi connectivity index (χ1v) is 7.32. The highest BCUT2D eigenvalue weighted by molar-refractivity contribution is 5.74. The van der Waals surface area contributed by atoms with E-state index in [-0.39, 0.29) is 0 Å². The van der Waals surface area contributed by atoms with Gasteiger partial charge in [0.05, 0.1) is 6.04 Å². The Labute approximate surface area is 119 Å². The van der Waals surface area contributed by atoms with Crippen molar-refractivity contribution in [1.82, 2.24) is 20.2 Å². The third-order valence-electron chi connectivity index (χ3n) is 4.49. The molecule has 1 heterocycles. The van der Waals surface area contributed by atoms with Crippen molar-refractivity contribution in [2.24, 2.45) is 5.92 Å². The van der Waals surface area contributed by atoms with Crippen molar-refractivity contribution in [3.63, 3.8) is 0 Å². The van der Waals surface area contributed by atoms with E-state index >= 15 is 0 Å². The fraction of sp³-hybridized carbons (Fsp3) is 0.533. The summed E-state index contributed by atoms with van der Waals surface area (Å²) < 4.78 is 1.95. The van der Waals surface area contributed by atoms with Crippen LogP contribution >= 0.6 is 0 Å². The van der Waals surface area contributed by atoms with Crippen LogP contribution in [-0.4, -0.2) is 20.2 Å². The largest absolute Gasteiger partial charge is 0.398 e. The first-order chi connectivity index (χ1) is 9.68. The highest BCUT2D eigenvalue weighted by atomic mass is 15.5. The van der Waals surface area contributed by atoms with Gasteiger partial charge in [0, 0.05) is 11.3 Å². The molecule has 106 valence electrons. The SMILES string of the molecule is Cc1cccc(N)c1-c1nnnn1C(C)C1CCCC1. The molecule has 0 spiro atoms. The van der Waals surface area contributed by atoms with Crippen molar-refractivity contribution in [3.8, 4) is 11.4 Å². The van der Waals surface area contributed by atoms with E-state index in [0.29, 0.717) is 12.0 Å². The lowest BCUT2D eigenvalue weighted by Gasteiger charge is -2.20. The van der Waals surface area contributed by atoms with Crippen LogP contribution in [0.2, 0.25) is 0 Å². The summed E-state index contributed by atoms with van der Waals surface area (Å²) in [6.07, 6.45) is 5.17. The van der Waals surface area contributed by atoms with Gasteiger partial charge < -0.3 is 5.73 Å². The van der Waals surface area contributed by atoms with Gasteiger partial charge in [-0.15, -0.1) is 5.10 Å². The summed E-state index contributed by atoms with van der Waals surface area (Å²) in [7, 11) is 0. The van der Waals surface area contributed by atoms with E-state index in [4.69, 9.17) is 5.73 Å². The summed E-state index contributed by atoms with van der Waals surface area (Å²) in [5, 5.41) is 12.3. The van der Waals surface area contributed by atoms with Crippen molar-refractivity contribution >= 4 is 5.69 Å². The summed E-state index contributed by atoms with van der Waals surface area (Å²) in [5.41, 5.74) is 8.93. The average Bonchev–Trinajstić information content (AvgIpc) is 3.09. The summed E-state index contributed by atoms with van der Waals surface area (Å²) in [4.78, 5) is 0. The Balaban J connectivity index is 2.01. The quantitative estimate of drug-likeness (QED) is 0.871. The molecule has 0 saturated heterocycles. The first kappa shape index (κ1) is 13.1. The van der Waals surface area contributed by atoms with Crippen LogP contribution < -0.4 is 5.73 Å². The predicted octanol–water partition coefficient (Wildman–Crippen LogP) is 2.98. The van der Waals surface area contributed by atoms with Gasteiger partial charge in [-0.3, -0.25) is 0 Å². The minimum Gasteiger partial charge on any atom is -0.398 e. The van der Waals surface area contributed by atoms with Crippen LogP contribution in [0.3, 0.4) is 0 Å². The number of benzene rings is 1. The lowest BCUT2D eigenvalue weighted by molar-refractivity contribution is 0.332. The summed E-state index contributed by atoms with van der Waals surface area (Å²) in [6.45, 7) is 4.26. The third-order valence-corrected chi connectivity index (χ3v) is 4.49. The number of aromatic nitrogens is 4. The molecule has 5 nitrogen and oxygen atoms in total. The summed E-state index contributed by atoms with van der Waals surface area (Å²) in [6, 6.07) is 6.23. The standard InChI is InChI=1S/C15H21N5/c1-10-6-5-9-13(16)14(10)15-17-18-19-20(15)11(2)12-7-3-4-8-12/h5-6,9,11-12H,3-4,7-8,16H2,1-2H3. The second kappa shape index (κ2) is 5.23. The summed E-state index contributed by atoms with van der Waals surface area (Å²) >= 11 is 0. The van der Waals surface area contributed by atoms with Crippen molar-refractivity contribution in [3.05, 3.63) is 23.8 Å². The maximum Gasteiger partial charge on any atom is 0.184 e. The van der Waals surface area contributed by atoms with Crippen molar-refractivity contribution in [2.45, 2.75) is 45.6 Å². The molecule has 5 heteroatoms. The van der Waals surface area contributed by atoms with Crippen LogP contribution in [-0.2, 0) is 0 Å². The van der Waals surface area contributed by atoms with Gasteiger partial charge in [-0.2, -0.15) is 0 Å². The number of hydrogen-bond acceptors (Lipinski definition) is 4. The van der Waals surface area contributed by atoms with Crippen LogP contribution in [0.5, 0.6) is 0 Å². The van der Waals surface area contributed by atoms with E-state index in [1.165, 1.54) is 25.7 Å². The average molecular weight is 271 g/mol. The monoisotopic (exact) mass is 271 g/mol. The molecule has 2 N–H and O–H groups in total. The Kier molecular flexibility index (Phi) is 3.42. The van der Waals surface area contributed by atoms with Gasteiger partial charge in [-0.1, -0.05) is 25.0 Å². The van der Waals surface area contributed by atoms with Gasteiger partial charge in [-0.25, -0.2) is 4.68 Å². The van der Waals surface area contributed by atoms with E-state index < -0.39 is 0 Å². The Morgan fingerprint density at radius 1 is 1.30 bits per heavy atom. The minimum atomic E-state index is 0.321. The van der Waals surface area contributed by atoms with Crippen LogP contribution in [0.15, 0.2) is 18.2 Å². The second-order valence-corrected chi connectivity index (χ2v) is 5.77. The molecular weight excluding hydrogens is 250 g/mol. The number of nitrogen functional groups attached to an aromatic ring is 1. The maximum atomic E-state index is 6.13. The summed E-state index contributed by atoms with van der Waals surface area (Å²) in [5.74, 6) is 1.46. The van der Waals surface area contributed by atoms with Crippen LogP contribution in [0.4, 0.5) is 5.69 Å². The lowest BCUT2D eigenvalue weighted by atomic mass is 9.99. The van der Waals surface area contributed by atoms with Crippen molar-refractivity contribution in [2.75, 3.05) is 5.73 Å². The minimum absolute atomic E-state index is 0.321. The molecular formula is C15H21N5. The van der Waals surface area contributed by atoms with E-state index in [1.54, 1.807) is 0 Å². The second-order valence-electron chi connectivity index (χ2n) is 5.77. The van der Waals surface area contributed by atoms with Crippen molar-refractivity contribution < 1.29 is 0 Å². The Hall–Kier alpha value is -1.91. The highest BCUT2D eigenvalue weighted by Crippen LogP contribution is 2.36. The maximum absolute atomic E-state index is 6.13. The zero-order valence-electron chi connectivity index (χ0n) is 12.1. The number of rotatable bonds is 3. The van der Waals surface area contributed by atoms with E-state index in [9.17, 15) is 0 Å². The lowest BCUT2D eigenvalue weighted by Crippen LogP contribution is -2.17. The van der Waals surface area contributed by atoms with Gasteiger partial charge >= 0.3 is 0 Å². The van der Waals surface area contributed by atoms with Gasteiger partial charge in [-0.05, 0) is 54.7 Å². The topological polar surface area (TPSA) is 69.6 Å². The molecule has 0 radical (unpaired) electrons. The van der Waals surface area contributed by atoms with Crippen LogP contribution in [0.1, 0.15) is 44.2 Å². The van der Waals surface area contributed by atoms with Crippen molar-refractivity contribution in [1.29, 1.82) is 0 Å². The molecule has 1 aromatic carbocycles. The fourth-order valence-electron chi connectivity index (χ4n) is 3.27. The van der Waals surface area contributed by atoms with Crippen LogP contribution in [0, 0.1) is 12.8 Å². The Morgan fingerprint density at radius 3 is 2.75 bits per heavy atom. The molecule has 1 saturated carbocycles. The number of hydrogen-bond donors (Lipinski definition) is 1. The molecule has 0 amide bonds. The Morgan fingerprint density at radius 2 is 2.05 bits per heavy atom. The molecule has 1 unspecified atom stereocenters. The Bertz CT molecular complexity index is 578. The molecule has 1 aliphatic rings. The fourth-order valence-corrected chi connectivity index (χ4v) is 3.27. The molecule has 0 bridgehead atoms. The van der Waals surface area contributed by atoms with Crippen LogP contribution in [0.25, 0.3) is 11.4 Å². The van der Waals surface area contributed by atoms with Gasteiger partial charge in [0.25, 0.3) is 0 Å². The van der Waals surface area contributed by atoms with E-state index in [0.717, 1.165) is 22.6 Å². The molecule has 20 heavy (non-hydrogen) atoms. The normalized spacial score (nSPS) is 17.5. The number of nitrogens with zero attached hydrogens (tertiary/aromatic N) is 4. The number of anilines is 1. The highest BCUT2D eigenvalue weighted by Gasteiger charge is 2.26. The molecule has 0 aliphatic heterocycles. The van der Waals surface area contributed by atoms with E-state index in [2.05, 4.69) is 22.4 Å². The molecule has 1 aromatic heterocycles. The number of tetrazole rings is 1. The predicted molar refractivity (Wildman–Crippen MR) is 79.1 cm³/mol. The number of aryl methyl sites for hydroxylation is 1. The van der Waals surface area contributed by atoms with Gasteiger partial charge in [0.2, 0.25) is 0 Å². The van der Waals surface area contributed by atoms with Gasteiger partial charge in [0.15, 0.2) is 5.82 Å². The van der Waals surface area contributed by atoms with E-state index in [1.807, 2.05) is 29.8 Å². The molecule has 2 aromatic rings. The molecule has 1 atom stereocenters. The van der Waals surface area contributed by atoms with Gasteiger partial charge in [0.1, 0.15) is 0 Å². The third kappa shape index (κ3) is 2.17. The zero-order chi connectivity index (χ0) is 14.1.